The molecule has 1 N–H and O–H groups in total. The van der Waals surface area contributed by atoms with Crippen LogP contribution in [0.1, 0.15) is 11.5 Å². The Balaban J connectivity index is 2.13. The van der Waals surface area contributed by atoms with Crippen molar-refractivity contribution in [1.82, 2.24) is 0 Å². The zero-order valence-corrected chi connectivity index (χ0v) is 9.01. The van der Waals surface area contributed by atoms with Gasteiger partial charge in [0.15, 0.2) is 11.6 Å². The summed E-state index contributed by atoms with van der Waals surface area (Å²) in [5.41, 5.74) is -0.303. The lowest BCUT2D eigenvalue weighted by atomic mass is 10.2. The van der Waals surface area contributed by atoms with E-state index in [2.05, 4.69) is 5.32 Å². The molecule has 0 fully saturated rings. The maximum atomic E-state index is 13.3. The van der Waals surface area contributed by atoms with Crippen molar-refractivity contribution >= 4 is 5.69 Å². The Hall–Kier alpha value is -2.42. The van der Waals surface area contributed by atoms with Crippen LogP contribution in [0.25, 0.3) is 0 Å². The van der Waals surface area contributed by atoms with Gasteiger partial charge in [-0.3, -0.25) is 0 Å². The van der Waals surface area contributed by atoms with Gasteiger partial charge in [0.1, 0.15) is 17.6 Å². The second kappa shape index (κ2) is 4.84. The molecule has 0 amide bonds. The van der Waals surface area contributed by atoms with Crippen LogP contribution >= 0.6 is 0 Å². The van der Waals surface area contributed by atoms with Crippen molar-refractivity contribution in [1.29, 1.82) is 5.26 Å². The number of benzene rings is 1. The number of nitriles is 1. The molecule has 92 valence electrons. The van der Waals surface area contributed by atoms with Crippen LogP contribution in [0, 0.1) is 28.8 Å². The van der Waals surface area contributed by atoms with Crippen molar-refractivity contribution in [2.75, 3.05) is 5.32 Å². The molecule has 0 aliphatic carbocycles. The Morgan fingerprint density at radius 1 is 1.22 bits per heavy atom. The van der Waals surface area contributed by atoms with Crippen LogP contribution < -0.4 is 5.32 Å². The van der Waals surface area contributed by atoms with Crippen molar-refractivity contribution in [3.8, 4) is 6.07 Å². The molecule has 1 aromatic carbocycles. The van der Waals surface area contributed by atoms with Crippen LogP contribution in [-0.4, -0.2) is 0 Å². The smallest absolute Gasteiger partial charge is 0.203 e. The quantitative estimate of drug-likeness (QED) is 0.853. The molecule has 0 radical (unpaired) electrons. The van der Waals surface area contributed by atoms with Crippen molar-refractivity contribution in [3.05, 3.63) is 53.2 Å². The van der Waals surface area contributed by atoms with Crippen molar-refractivity contribution < 1.29 is 17.6 Å². The maximum Gasteiger partial charge on any atom is 0.203 e. The molecule has 0 aliphatic heterocycles. The monoisotopic (exact) mass is 252 g/mol. The fourth-order valence-corrected chi connectivity index (χ4v) is 1.40. The first-order valence-electron chi connectivity index (χ1n) is 4.97. The Kier molecular flexibility index (Phi) is 3.24. The van der Waals surface area contributed by atoms with Crippen LogP contribution in [-0.2, 0) is 6.54 Å². The zero-order valence-electron chi connectivity index (χ0n) is 9.01. The molecule has 0 unspecified atom stereocenters. The molecule has 0 spiro atoms. The van der Waals surface area contributed by atoms with Gasteiger partial charge < -0.3 is 9.73 Å². The molecule has 0 saturated carbocycles. The summed E-state index contributed by atoms with van der Waals surface area (Å²) in [5.74, 6) is -2.85. The average Bonchev–Trinajstić information content (AvgIpc) is 2.80. The maximum absolute atomic E-state index is 13.3. The second-order valence-corrected chi connectivity index (χ2v) is 3.48. The summed E-state index contributed by atoms with van der Waals surface area (Å²) in [4.78, 5) is 0. The number of furan rings is 1. The van der Waals surface area contributed by atoms with Gasteiger partial charge in [0.25, 0.3) is 0 Å². The van der Waals surface area contributed by atoms with Gasteiger partial charge in [0.05, 0.1) is 12.2 Å². The van der Waals surface area contributed by atoms with Crippen molar-refractivity contribution in [2.24, 2.45) is 0 Å². The van der Waals surface area contributed by atoms with E-state index in [0.29, 0.717) is 11.8 Å². The first kappa shape index (κ1) is 12.0. The minimum absolute atomic E-state index is 0.0154. The molecule has 6 heteroatoms. The molecule has 0 bridgehead atoms. The zero-order chi connectivity index (χ0) is 13.1. The molecule has 2 aromatic rings. The lowest BCUT2D eigenvalue weighted by Gasteiger charge is -2.06. The molecule has 2 rings (SSSR count). The molecule has 0 atom stereocenters. The SMILES string of the molecule is N#Cc1ccc(CNc2cc(F)cc(F)c2F)o1. The van der Waals surface area contributed by atoms with Crippen LogP contribution in [0.5, 0.6) is 0 Å². The molecule has 1 heterocycles. The van der Waals surface area contributed by atoms with Crippen LogP contribution in [0.15, 0.2) is 28.7 Å². The van der Waals surface area contributed by atoms with Gasteiger partial charge in [0.2, 0.25) is 5.76 Å². The number of rotatable bonds is 3. The highest BCUT2D eigenvalue weighted by molar-refractivity contribution is 5.45. The third-order valence-corrected chi connectivity index (χ3v) is 2.22. The Bertz CT molecular complexity index is 616. The van der Waals surface area contributed by atoms with E-state index in [-0.39, 0.29) is 18.0 Å². The van der Waals surface area contributed by atoms with Gasteiger partial charge in [0, 0.05) is 12.1 Å². The largest absolute Gasteiger partial charge is 0.449 e. The van der Waals surface area contributed by atoms with Gasteiger partial charge in [-0.1, -0.05) is 0 Å². The van der Waals surface area contributed by atoms with Gasteiger partial charge in [-0.05, 0) is 12.1 Å². The lowest BCUT2D eigenvalue weighted by molar-refractivity contribution is 0.492. The predicted molar refractivity (Wildman–Crippen MR) is 57.1 cm³/mol. The van der Waals surface area contributed by atoms with Crippen molar-refractivity contribution in [2.45, 2.75) is 6.54 Å². The molecule has 3 nitrogen and oxygen atoms in total. The van der Waals surface area contributed by atoms with E-state index in [9.17, 15) is 13.2 Å². The summed E-state index contributed by atoms with van der Waals surface area (Å²) in [6.07, 6.45) is 0. The molecule has 1 aromatic heterocycles. The van der Waals surface area contributed by atoms with Gasteiger partial charge in [-0.25, -0.2) is 13.2 Å². The van der Waals surface area contributed by atoms with Gasteiger partial charge in [-0.15, -0.1) is 0 Å². The minimum Gasteiger partial charge on any atom is -0.449 e. The normalized spacial score (nSPS) is 10.1. The third kappa shape index (κ3) is 2.46. The Labute approximate surface area is 100 Å². The first-order chi connectivity index (χ1) is 8.60. The number of nitrogens with zero attached hydrogens (tertiary/aromatic N) is 1. The van der Waals surface area contributed by atoms with Crippen LogP contribution in [0.4, 0.5) is 18.9 Å². The summed E-state index contributed by atoms with van der Waals surface area (Å²) in [6.45, 7) is 0.0154. The molecule has 18 heavy (non-hydrogen) atoms. The summed E-state index contributed by atoms with van der Waals surface area (Å²) in [5, 5.41) is 11.0. The molecule has 0 aliphatic rings. The van der Waals surface area contributed by atoms with E-state index >= 15 is 0 Å². The van der Waals surface area contributed by atoms with E-state index in [0.717, 1.165) is 6.07 Å². The summed E-state index contributed by atoms with van der Waals surface area (Å²) >= 11 is 0. The predicted octanol–water partition coefficient (Wildman–Crippen LogP) is 3.18. The molecular weight excluding hydrogens is 245 g/mol. The fraction of sp³-hybridized carbons (Fsp3) is 0.0833. The van der Waals surface area contributed by atoms with E-state index in [1.54, 1.807) is 6.07 Å². The Morgan fingerprint density at radius 3 is 2.67 bits per heavy atom. The number of nitrogens with one attached hydrogen (secondary N) is 1. The van der Waals surface area contributed by atoms with Gasteiger partial charge >= 0.3 is 0 Å². The fourth-order valence-electron chi connectivity index (χ4n) is 1.40. The summed E-state index contributed by atoms with van der Waals surface area (Å²) in [7, 11) is 0. The number of hydrogen-bond donors (Lipinski definition) is 1. The van der Waals surface area contributed by atoms with E-state index in [1.165, 1.54) is 12.1 Å². The second-order valence-electron chi connectivity index (χ2n) is 3.48. The topological polar surface area (TPSA) is 49.0 Å². The highest BCUT2D eigenvalue weighted by atomic mass is 19.2. The first-order valence-corrected chi connectivity index (χ1v) is 4.97. The van der Waals surface area contributed by atoms with Crippen molar-refractivity contribution in [3.63, 3.8) is 0 Å². The van der Waals surface area contributed by atoms with E-state index in [1.807, 2.05) is 0 Å². The molecule has 0 saturated heterocycles. The number of halogens is 3. The minimum atomic E-state index is -1.27. The highest BCUT2D eigenvalue weighted by Crippen LogP contribution is 2.20. The lowest BCUT2D eigenvalue weighted by Crippen LogP contribution is -2.02. The molecular formula is C12H7F3N2O. The van der Waals surface area contributed by atoms with Gasteiger partial charge in [-0.2, -0.15) is 5.26 Å². The standard InChI is InChI=1S/C12H7F3N2O/c13-7-3-10(14)12(15)11(4-7)17-6-9-2-1-8(5-16)18-9/h1-4,17H,6H2. The van der Waals surface area contributed by atoms with Crippen LogP contribution in [0.2, 0.25) is 0 Å². The van der Waals surface area contributed by atoms with E-state index < -0.39 is 17.5 Å². The summed E-state index contributed by atoms with van der Waals surface area (Å²) in [6, 6.07) is 6.04. The number of hydrogen-bond acceptors (Lipinski definition) is 3. The third-order valence-electron chi connectivity index (χ3n) is 2.22. The summed E-state index contributed by atoms with van der Waals surface area (Å²) < 4.78 is 44.1. The number of anilines is 1. The average molecular weight is 252 g/mol. The van der Waals surface area contributed by atoms with E-state index in [4.69, 9.17) is 9.68 Å². The highest BCUT2D eigenvalue weighted by Gasteiger charge is 2.11. The van der Waals surface area contributed by atoms with Crippen LogP contribution in [0.3, 0.4) is 0 Å². The Morgan fingerprint density at radius 2 is 2.00 bits per heavy atom.